The molecule has 1 aliphatic rings. The molecular weight excluding hydrogens is 304 g/mol. The highest BCUT2D eigenvalue weighted by atomic mass is 79.9. The van der Waals surface area contributed by atoms with E-state index >= 15 is 0 Å². The van der Waals surface area contributed by atoms with Gasteiger partial charge in [-0.1, -0.05) is 19.9 Å². The minimum Gasteiger partial charge on any atom is -0.396 e. The van der Waals surface area contributed by atoms with Gasteiger partial charge in [0.25, 0.3) is 0 Å². The molecule has 0 atom stereocenters. The van der Waals surface area contributed by atoms with Crippen LogP contribution in [0.1, 0.15) is 19.4 Å². The van der Waals surface area contributed by atoms with Crippen molar-refractivity contribution in [1.82, 2.24) is 0 Å². The second-order valence-electron chi connectivity index (χ2n) is 4.96. The Labute approximate surface area is 113 Å². The number of halogens is 3. The van der Waals surface area contributed by atoms with E-state index < -0.39 is 17.0 Å². The summed E-state index contributed by atoms with van der Waals surface area (Å²) >= 11 is 3.01. The van der Waals surface area contributed by atoms with Crippen molar-refractivity contribution in [2.45, 2.75) is 13.8 Å². The molecule has 0 saturated carbocycles. The molecule has 98 valence electrons. The lowest BCUT2D eigenvalue weighted by atomic mass is 9.79. The lowest BCUT2D eigenvalue weighted by molar-refractivity contribution is 0.0975. The molecule has 0 unspecified atom stereocenters. The maximum Gasteiger partial charge on any atom is 0.148 e. The highest BCUT2D eigenvalue weighted by Gasteiger charge is 2.32. The van der Waals surface area contributed by atoms with Gasteiger partial charge in [-0.3, -0.25) is 0 Å². The van der Waals surface area contributed by atoms with Gasteiger partial charge in [-0.2, -0.15) is 0 Å². The molecule has 0 bridgehead atoms. The number of rotatable bonds is 1. The van der Waals surface area contributed by atoms with Crippen molar-refractivity contribution < 1.29 is 13.5 Å². The molecular formula is C13H14BrF2NO. The molecule has 2 rings (SSSR count). The Morgan fingerprint density at radius 2 is 2.06 bits per heavy atom. The Hall–Kier alpha value is -0.940. The van der Waals surface area contributed by atoms with E-state index in [2.05, 4.69) is 15.9 Å². The van der Waals surface area contributed by atoms with E-state index in [4.69, 9.17) is 10.5 Å². The smallest absolute Gasteiger partial charge is 0.148 e. The van der Waals surface area contributed by atoms with E-state index in [9.17, 15) is 8.78 Å². The Morgan fingerprint density at radius 3 is 2.67 bits per heavy atom. The van der Waals surface area contributed by atoms with Crippen LogP contribution < -0.4 is 5.73 Å². The molecule has 2 N–H and O–H groups in total. The zero-order valence-corrected chi connectivity index (χ0v) is 11.8. The van der Waals surface area contributed by atoms with Crippen molar-refractivity contribution >= 4 is 27.2 Å². The lowest BCUT2D eigenvalue weighted by Gasteiger charge is -2.32. The van der Waals surface area contributed by atoms with E-state index in [0.29, 0.717) is 18.8 Å². The van der Waals surface area contributed by atoms with Crippen LogP contribution in [0, 0.1) is 17.0 Å². The first-order chi connectivity index (χ1) is 8.34. The van der Waals surface area contributed by atoms with E-state index in [1.807, 2.05) is 13.8 Å². The van der Waals surface area contributed by atoms with Gasteiger partial charge in [0.2, 0.25) is 0 Å². The second kappa shape index (κ2) is 4.63. The summed E-state index contributed by atoms with van der Waals surface area (Å²) in [5, 5.41) is 0. The molecule has 0 saturated heterocycles. The number of nitrogens with two attached hydrogens (primary N) is 1. The van der Waals surface area contributed by atoms with Gasteiger partial charge in [0.15, 0.2) is 0 Å². The van der Waals surface area contributed by atoms with Crippen LogP contribution in [0.25, 0.3) is 5.57 Å². The molecule has 2 nitrogen and oxygen atoms in total. The summed E-state index contributed by atoms with van der Waals surface area (Å²) < 4.78 is 33.2. The fraction of sp³-hybridized carbons (Fsp3) is 0.385. The maximum atomic E-state index is 14.2. The van der Waals surface area contributed by atoms with Crippen LogP contribution in [0.2, 0.25) is 0 Å². The summed E-state index contributed by atoms with van der Waals surface area (Å²) in [6.07, 6.45) is 1.75. The van der Waals surface area contributed by atoms with Crippen LogP contribution in [-0.4, -0.2) is 13.2 Å². The van der Waals surface area contributed by atoms with E-state index in [0.717, 1.165) is 6.07 Å². The van der Waals surface area contributed by atoms with Crippen molar-refractivity contribution in [3.8, 4) is 0 Å². The first-order valence-corrected chi connectivity index (χ1v) is 6.35. The van der Waals surface area contributed by atoms with Gasteiger partial charge in [-0.15, -0.1) is 0 Å². The Bertz CT molecular complexity index is 500. The number of hydrogen-bond donors (Lipinski definition) is 1. The van der Waals surface area contributed by atoms with Gasteiger partial charge in [0, 0.05) is 11.0 Å². The third-order valence-corrected chi connectivity index (χ3v) is 3.65. The molecule has 0 amide bonds. The monoisotopic (exact) mass is 317 g/mol. The molecule has 1 heterocycles. The summed E-state index contributed by atoms with van der Waals surface area (Å²) in [5.41, 5.74) is 5.95. The Balaban J connectivity index is 2.68. The average Bonchev–Trinajstić information content (AvgIpc) is 2.29. The fourth-order valence-electron chi connectivity index (χ4n) is 2.12. The number of anilines is 1. The van der Waals surface area contributed by atoms with Crippen LogP contribution in [0.4, 0.5) is 14.5 Å². The third-order valence-electron chi connectivity index (χ3n) is 3.08. The molecule has 0 fully saturated rings. The zero-order valence-electron chi connectivity index (χ0n) is 10.2. The predicted octanol–water partition coefficient (Wildman–Crippen LogP) is 3.75. The lowest BCUT2D eigenvalue weighted by Crippen LogP contribution is -2.26. The molecule has 0 spiro atoms. The number of hydrogen-bond acceptors (Lipinski definition) is 2. The van der Waals surface area contributed by atoms with Crippen molar-refractivity contribution in [3.05, 3.63) is 33.8 Å². The van der Waals surface area contributed by atoms with Crippen molar-refractivity contribution in [2.24, 2.45) is 5.41 Å². The van der Waals surface area contributed by atoms with Gasteiger partial charge in [-0.05, 0) is 27.6 Å². The highest BCUT2D eigenvalue weighted by Crippen LogP contribution is 2.42. The first kappa shape index (κ1) is 13.5. The van der Waals surface area contributed by atoms with Gasteiger partial charge < -0.3 is 10.5 Å². The number of benzene rings is 1. The van der Waals surface area contributed by atoms with Crippen molar-refractivity contribution in [3.63, 3.8) is 0 Å². The van der Waals surface area contributed by atoms with Crippen LogP contribution in [0.5, 0.6) is 0 Å². The minimum atomic E-state index is -0.624. The number of nitrogen functional groups attached to an aromatic ring is 1. The highest BCUT2D eigenvalue weighted by molar-refractivity contribution is 9.10. The largest absolute Gasteiger partial charge is 0.396 e. The van der Waals surface area contributed by atoms with Gasteiger partial charge in [0.1, 0.15) is 11.6 Å². The van der Waals surface area contributed by atoms with Crippen LogP contribution in [0.3, 0.4) is 0 Å². The minimum absolute atomic E-state index is 0.0763. The summed E-state index contributed by atoms with van der Waals surface area (Å²) in [4.78, 5) is 0. The normalized spacial score (nSPS) is 18.6. The molecule has 18 heavy (non-hydrogen) atoms. The Morgan fingerprint density at radius 1 is 1.39 bits per heavy atom. The SMILES string of the molecule is CC1(C)COCC=C1c1c(N)c(F)cc(Br)c1F. The van der Waals surface area contributed by atoms with Gasteiger partial charge in [-0.25, -0.2) is 8.78 Å². The molecule has 1 aliphatic heterocycles. The maximum absolute atomic E-state index is 14.2. The average molecular weight is 318 g/mol. The standard InChI is InChI=1S/C13H14BrF2NO/c1-13(2)6-18-4-3-7(13)10-11(16)8(14)5-9(15)12(10)17/h3,5H,4,6,17H2,1-2H3. The quantitative estimate of drug-likeness (QED) is 0.632. The summed E-state index contributed by atoms with van der Waals surface area (Å²) in [6.45, 7) is 4.66. The predicted molar refractivity (Wildman–Crippen MR) is 71.0 cm³/mol. The second-order valence-corrected chi connectivity index (χ2v) is 5.81. The summed E-state index contributed by atoms with van der Waals surface area (Å²) in [6, 6.07) is 1.04. The van der Waals surface area contributed by atoms with Crippen molar-refractivity contribution in [1.29, 1.82) is 0 Å². The van der Waals surface area contributed by atoms with Crippen molar-refractivity contribution in [2.75, 3.05) is 18.9 Å². The van der Waals surface area contributed by atoms with Gasteiger partial charge >= 0.3 is 0 Å². The molecule has 0 radical (unpaired) electrons. The van der Waals surface area contributed by atoms with E-state index in [1.165, 1.54) is 0 Å². The van der Waals surface area contributed by atoms with Gasteiger partial charge in [0.05, 0.1) is 23.4 Å². The fourth-order valence-corrected chi connectivity index (χ4v) is 2.52. The molecule has 0 aliphatic carbocycles. The molecule has 1 aromatic rings. The zero-order chi connectivity index (χ0) is 13.5. The molecule has 5 heteroatoms. The third kappa shape index (κ3) is 2.17. The topological polar surface area (TPSA) is 35.2 Å². The van der Waals surface area contributed by atoms with Crippen LogP contribution in [-0.2, 0) is 4.74 Å². The summed E-state index contributed by atoms with van der Waals surface area (Å²) in [7, 11) is 0. The van der Waals surface area contributed by atoms with E-state index in [-0.39, 0.29) is 15.7 Å². The van der Waals surface area contributed by atoms with Crippen LogP contribution in [0.15, 0.2) is 16.6 Å². The van der Waals surface area contributed by atoms with Crippen LogP contribution >= 0.6 is 15.9 Å². The number of ether oxygens (including phenoxy) is 1. The molecule has 1 aromatic carbocycles. The summed E-state index contributed by atoms with van der Waals surface area (Å²) in [5.74, 6) is -1.16. The first-order valence-electron chi connectivity index (χ1n) is 5.56. The van der Waals surface area contributed by atoms with E-state index in [1.54, 1.807) is 6.08 Å². The Kier molecular flexibility index (Phi) is 3.47. The molecule has 0 aromatic heterocycles.